The number of aliphatic carboxylic acids is 1. The number of carbonyl (C=O) groups is 1. The minimum absolute atomic E-state index is 0.0991. The number of hydrogen-bond donors (Lipinski definition) is 4. The zero-order chi connectivity index (χ0) is 27.8. The summed E-state index contributed by atoms with van der Waals surface area (Å²) < 4.78 is 16.3. The lowest BCUT2D eigenvalue weighted by molar-refractivity contribution is -0.139. The first-order valence-electron chi connectivity index (χ1n) is 15.4. The smallest absolute Gasteiger partial charge is 0.469 e. The van der Waals surface area contributed by atoms with Gasteiger partial charge in [-0.25, -0.2) is 4.57 Å². The summed E-state index contributed by atoms with van der Waals surface area (Å²) in [5, 5.41) is 9.06. The molecule has 0 rings (SSSR count). The van der Waals surface area contributed by atoms with Crippen LogP contribution < -0.4 is 5.73 Å². The van der Waals surface area contributed by atoms with Crippen LogP contribution in [0.4, 0.5) is 0 Å². The van der Waals surface area contributed by atoms with Crippen LogP contribution in [-0.2, 0) is 13.9 Å². The van der Waals surface area contributed by atoms with Crippen LogP contribution in [0.5, 0.6) is 0 Å². The molecule has 3 atom stereocenters. The van der Waals surface area contributed by atoms with Crippen LogP contribution in [0.3, 0.4) is 0 Å². The Morgan fingerprint density at radius 2 is 1.05 bits per heavy atom. The van der Waals surface area contributed by atoms with Gasteiger partial charge < -0.3 is 20.6 Å². The molecule has 0 aromatic heterocycles. The molecule has 0 aliphatic rings. The van der Waals surface area contributed by atoms with Gasteiger partial charge in [-0.2, -0.15) is 0 Å². The first-order valence-corrected chi connectivity index (χ1v) is 17.0. The fraction of sp³-hybridized carbons (Fsp3) is 0.966. The lowest BCUT2D eigenvalue weighted by atomic mass is 9.89. The van der Waals surface area contributed by atoms with Gasteiger partial charge in [0.15, 0.2) is 0 Å². The van der Waals surface area contributed by atoms with E-state index in [4.69, 9.17) is 15.4 Å². The summed E-state index contributed by atoms with van der Waals surface area (Å²) in [5.41, 5.74) is 5.60. The van der Waals surface area contributed by atoms with Crippen molar-refractivity contribution in [2.45, 2.75) is 174 Å². The maximum atomic E-state index is 11.4. The number of hydrogen-bond acceptors (Lipinski definition) is 4. The van der Waals surface area contributed by atoms with E-state index in [1.165, 1.54) is 109 Å². The molecular weight excluding hydrogens is 489 g/mol. The average Bonchev–Trinajstić information content (AvgIpc) is 2.83. The quantitative estimate of drug-likeness (QED) is 0.0568. The van der Waals surface area contributed by atoms with E-state index >= 15 is 0 Å². The van der Waals surface area contributed by atoms with Gasteiger partial charge in [0.2, 0.25) is 0 Å². The maximum Gasteiger partial charge on any atom is 0.469 e. The van der Waals surface area contributed by atoms with Crippen molar-refractivity contribution in [3.63, 3.8) is 0 Å². The van der Waals surface area contributed by atoms with Gasteiger partial charge in [-0.05, 0) is 12.3 Å². The van der Waals surface area contributed by atoms with E-state index < -0.39 is 25.9 Å². The Bertz CT molecular complexity index is 571. The number of carboxylic acid groups (broad SMARTS) is 1. The molecule has 0 spiro atoms. The molecule has 3 unspecified atom stereocenters. The van der Waals surface area contributed by atoms with Crippen LogP contribution in [-0.4, -0.2) is 33.0 Å². The zero-order valence-corrected chi connectivity index (χ0v) is 25.0. The van der Waals surface area contributed by atoms with E-state index in [1.54, 1.807) is 0 Å². The Labute approximate surface area is 228 Å². The third-order valence-electron chi connectivity index (χ3n) is 7.55. The van der Waals surface area contributed by atoms with Crippen LogP contribution in [0, 0.1) is 5.92 Å². The summed E-state index contributed by atoms with van der Waals surface area (Å²) in [6.07, 6.45) is 27.0. The van der Waals surface area contributed by atoms with Gasteiger partial charge in [0.1, 0.15) is 6.04 Å². The maximum absolute atomic E-state index is 11.4. The second-order valence-corrected chi connectivity index (χ2v) is 12.2. The molecule has 0 amide bonds. The first kappa shape index (κ1) is 36.5. The monoisotopic (exact) mass is 549 g/mol. The SMILES string of the molecule is CCCCCCCCCCCCCCCCCCCCCCC(CC)C(CC(N)C(=O)O)OP(=O)(O)O. The Morgan fingerprint density at radius 1 is 0.703 bits per heavy atom. The van der Waals surface area contributed by atoms with Crippen LogP contribution in [0.2, 0.25) is 0 Å². The molecule has 8 heteroatoms. The van der Waals surface area contributed by atoms with Crippen molar-refractivity contribution in [2.75, 3.05) is 0 Å². The predicted octanol–water partition coefficient (Wildman–Crippen LogP) is 8.50. The number of phosphoric ester groups is 1. The Morgan fingerprint density at radius 3 is 1.35 bits per heavy atom. The van der Waals surface area contributed by atoms with Gasteiger partial charge in [-0.1, -0.05) is 149 Å². The summed E-state index contributed by atoms with van der Waals surface area (Å²) in [4.78, 5) is 29.5. The Kier molecular flexibility index (Phi) is 24.3. The molecule has 5 N–H and O–H groups in total. The lowest BCUT2D eigenvalue weighted by Gasteiger charge is -2.27. The Balaban J connectivity index is 3.69. The van der Waals surface area contributed by atoms with Gasteiger partial charge in [-0.15, -0.1) is 0 Å². The summed E-state index contributed by atoms with van der Waals surface area (Å²) >= 11 is 0. The highest BCUT2D eigenvalue weighted by Crippen LogP contribution is 2.41. The molecular formula is C29H60NO6P. The van der Waals surface area contributed by atoms with Crippen LogP contribution in [0.25, 0.3) is 0 Å². The highest BCUT2D eigenvalue weighted by Gasteiger charge is 2.31. The van der Waals surface area contributed by atoms with Crippen molar-refractivity contribution in [3.8, 4) is 0 Å². The van der Waals surface area contributed by atoms with Crippen molar-refractivity contribution in [1.82, 2.24) is 0 Å². The van der Waals surface area contributed by atoms with Gasteiger partial charge >= 0.3 is 13.8 Å². The largest absolute Gasteiger partial charge is 0.480 e. The predicted molar refractivity (Wildman–Crippen MR) is 154 cm³/mol. The number of nitrogens with two attached hydrogens (primary N) is 1. The highest BCUT2D eigenvalue weighted by atomic mass is 31.2. The molecule has 0 aliphatic carbocycles. The Hall–Kier alpha value is -0.460. The number of phosphoric acid groups is 1. The molecule has 0 saturated heterocycles. The molecule has 0 saturated carbocycles. The van der Waals surface area contributed by atoms with E-state index in [9.17, 15) is 19.1 Å². The third kappa shape index (κ3) is 24.3. The van der Waals surface area contributed by atoms with Crippen LogP contribution >= 0.6 is 7.82 Å². The van der Waals surface area contributed by atoms with E-state index in [1.807, 2.05) is 6.92 Å². The van der Waals surface area contributed by atoms with Crippen molar-refractivity contribution in [1.29, 1.82) is 0 Å². The van der Waals surface area contributed by atoms with E-state index in [-0.39, 0.29) is 12.3 Å². The summed E-state index contributed by atoms with van der Waals surface area (Å²) in [7, 11) is -4.70. The van der Waals surface area contributed by atoms with Crippen LogP contribution in [0.1, 0.15) is 162 Å². The molecule has 37 heavy (non-hydrogen) atoms. The van der Waals surface area contributed by atoms with Crippen molar-refractivity contribution >= 4 is 13.8 Å². The number of unbranched alkanes of at least 4 members (excludes halogenated alkanes) is 19. The molecule has 0 heterocycles. The molecule has 0 aliphatic heterocycles. The van der Waals surface area contributed by atoms with Crippen molar-refractivity contribution in [3.05, 3.63) is 0 Å². The van der Waals surface area contributed by atoms with Gasteiger partial charge in [-0.3, -0.25) is 9.32 Å². The van der Waals surface area contributed by atoms with Crippen LogP contribution in [0.15, 0.2) is 0 Å². The second-order valence-electron chi connectivity index (χ2n) is 11.0. The number of rotatable bonds is 28. The van der Waals surface area contributed by atoms with E-state index in [0.717, 1.165) is 25.7 Å². The fourth-order valence-corrected chi connectivity index (χ4v) is 5.77. The van der Waals surface area contributed by atoms with Gasteiger partial charge in [0, 0.05) is 6.42 Å². The topological polar surface area (TPSA) is 130 Å². The lowest BCUT2D eigenvalue weighted by Crippen LogP contribution is -2.37. The molecule has 0 aromatic carbocycles. The van der Waals surface area contributed by atoms with Crippen molar-refractivity contribution < 1.29 is 28.8 Å². The molecule has 0 bridgehead atoms. The minimum atomic E-state index is -4.70. The summed E-state index contributed by atoms with van der Waals surface area (Å²) in [6.45, 7) is 4.21. The molecule has 0 radical (unpaired) electrons. The average molecular weight is 550 g/mol. The summed E-state index contributed by atoms with van der Waals surface area (Å²) in [6, 6.07) is -1.19. The first-order chi connectivity index (χ1) is 17.7. The van der Waals surface area contributed by atoms with Gasteiger partial charge in [0.05, 0.1) is 6.10 Å². The zero-order valence-electron chi connectivity index (χ0n) is 24.1. The van der Waals surface area contributed by atoms with Crippen molar-refractivity contribution in [2.24, 2.45) is 11.7 Å². The molecule has 0 aromatic rings. The number of carboxylic acids is 1. The van der Waals surface area contributed by atoms with E-state index in [2.05, 4.69) is 6.92 Å². The minimum Gasteiger partial charge on any atom is -0.480 e. The molecule has 222 valence electrons. The molecule has 0 fully saturated rings. The normalized spacial score (nSPS) is 14.5. The van der Waals surface area contributed by atoms with E-state index in [0.29, 0.717) is 6.42 Å². The fourth-order valence-electron chi connectivity index (χ4n) is 5.16. The van der Waals surface area contributed by atoms with Gasteiger partial charge in [0.25, 0.3) is 0 Å². The third-order valence-corrected chi connectivity index (χ3v) is 8.10. The second kappa shape index (κ2) is 24.6. The highest BCUT2D eigenvalue weighted by molar-refractivity contribution is 7.46. The molecule has 7 nitrogen and oxygen atoms in total. The standard InChI is InChI=1S/C29H60NO6P/c1-3-5-6-7-8-9-10-11-12-13-14-15-16-17-18-19-20-21-22-23-24-26(4-2)28(36-37(33,34)35)25-27(30)29(31)32/h26-28H,3-25,30H2,1-2H3,(H,31,32)(H2,33,34,35). The summed E-state index contributed by atoms with van der Waals surface area (Å²) in [5.74, 6) is -1.30.